The van der Waals surface area contributed by atoms with Crippen LogP contribution in [0.4, 0.5) is 0 Å². The van der Waals surface area contributed by atoms with Gasteiger partial charge in [0.05, 0.1) is 16.7 Å². The predicted octanol–water partition coefficient (Wildman–Crippen LogP) is 1.53. The summed E-state index contributed by atoms with van der Waals surface area (Å²) in [6, 6.07) is 4.06. The standard InChI is InChI=1S/C13H11NO4/c1-13(4-5-13)14-10(15)8-3-2-7(12(17)18)6-9(8)11(14)16/h2-3,6H,4-5H2,1H3,(H,17,18). The van der Waals surface area contributed by atoms with E-state index in [-0.39, 0.29) is 28.5 Å². The number of amides is 2. The fourth-order valence-corrected chi connectivity index (χ4v) is 2.27. The van der Waals surface area contributed by atoms with Crippen molar-refractivity contribution in [2.75, 3.05) is 0 Å². The van der Waals surface area contributed by atoms with Gasteiger partial charge in [-0.05, 0) is 38.0 Å². The summed E-state index contributed by atoms with van der Waals surface area (Å²) in [5, 5.41) is 8.90. The second-order valence-corrected chi connectivity index (χ2v) is 5.01. The molecule has 18 heavy (non-hydrogen) atoms. The highest BCUT2D eigenvalue weighted by Crippen LogP contribution is 2.45. The van der Waals surface area contributed by atoms with Crippen molar-refractivity contribution in [3.8, 4) is 0 Å². The van der Waals surface area contributed by atoms with Crippen LogP contribution in [0.5, 0.6) is 0 Å². The van der Waals surface area contributed by atoms with E-state index in [9.17, 15) is 14.4 Å². The van der Waals surface area contributed by atoms with Gasteiger partial charge >= 0.3 is 5.97 Å². The highest BCUT2D eigenvalue weighted by atomic mass is 16.4. The molecule has 0 spiro atoms. The van der Waals surface area contributed by atoms with Crippen molar-refractivity contribution in [2.24, 2.45) is 0 Å². The minimum absolute atomic E-state index is 0.0256. The zero-order valence-corrected chi connectivity index (χ0v) is 9.77. The number of carbonyl (C=O) groups excluding carboxylic acids is 2. The second kappa shape index (κ2) is 3.19. The van der Waals surface area contributed by atoms with Gasteiger partial charge in [-0.15, -0.1) is 0 Å². The van der Waals surface area contributed by atoms with Gasteiger partial charge in [-0.2, -0.15) is 0 Å². The molecule has 0 saturated heterocycles. The van der Waals surface area contributed by atoms with Crippen molar-refractivity contribution < 1.29 is 19.5 Å². The maximum Gasteiger partial charge on any atom is 0.335 e. The van der Waals surface area contributed by atoms with Gasteiger partial charge in [0.2, 0.25) is 0 Å². The van der Waals surface area contributed by atoms with E-state index in [1.165, 1.54) is 23.1 Å². The van der Waals surface area contributed by atoms with Gasteiger partial charge in [-0.3, -0.25) is 14.5 Å². The lowest BCUT2D eigenvalue weighted by Gasteiger charge is -2.21. The number of nitrogens with zero attached hydrogens (tertiary/aromatic N) is 1. The Morgan fingerprint density at radius 2 is 1.83 bits per heavy atom. The zero-order chi connectivity index (χ0) is 13.1. The number of benzene rings is 1. The maximum atomic E-state index is 12.2. The van der Waals surface area contributed by atoms with Crippen molar-refractivity contribution in [1.82, 2.24) is 4.90 Å². The van der Waals surface area contributed by atoms with Crippen LogP contribution < -0.4 is 0 Å². The Kier molecular flexibility index (Phi) is 1.94. The Morgan fingerprint density at radius 1 is 1.22 bits per heavy atom. The summed E-state index contributed by atoms with van der Waals surface area (Å²) in [5.41, 5.74) is 0.153. The molecule has 92 valence electrons. The number of imide groups is 1. The molecule has 2 amide bonds. The molecule has 5 nitrogen and oxygen atoms in total. The first kappa shape index (κ1) is 11.0. The molecule has 1 aromatic rings. The summed E-state index contributed by atoms with van der Waals surface area (Å²) in [4.78, 5) is 36.5. The van der Waals surface area contributed by atoms with Gasteiger partial charge in [-0.25, -0.2) is 4.79 Å². The predicted molar refractivity (Wildman–Crippen MR) is 61.5 cm³/mol. The molecule has 0 atom stereocenters. The molecule has 0 aromatic heterocycles. The maximum absolute atomic E-state index is 12.2. The lowest BCUT2D eigenvalue weighted by Crippen LogP contribution is -2.39. The van der Waals surface area contributed by atoms with E-state index in [2.05, 4.69) is 0 Å². The Hall–Kier alpha value is -2.17. The summed E-state index contributed by atoms with van der Waals surface area (Å²) in [6.45, 7) is 1.87. The van der Waals surface area contributed by atoms with Crippen LogP contribution in [-0.2, 0) is 0 Å². The second-order valence-electron chi connectivity index (χ2n) is 5.01. The van der Waals surface area contributed by atoms with Gasteiger partial charge in [0, 0.05) is 5.54 Å². The number of carboxylic acids is 1. The summed E-state index contributed by atoms with van der Waals surface area (Å²) in [6.07, 6.45) is 1.62. The lowest BCUT2D eigenvalue weighted by molar-refractivity contribution is 0.0575. The zero-order valence-electron chi connectivity index (χ0n) is 9.77. The first-order chi connectivity index (χ1) is 8.44. The summed E-state index contributed by atoms with van der Waals surface area (Å²) in [7, 11) is 0. The van der Waals surface area contributed by atoms with Gasteiger partial charge in [0.15, 0.2) is 0 Å². The molecule has 1 fully saturated rings. The molecule has 1 saturated carbocycles. The average Bonchev–Trinajstić information content (AvgIpc) is 3.00. The van der Waals surface area contributed by atoms with E-state index in [4.69, 9.17) is 5.11 Å². The van der Waals surface area contributed by atoms with E-state index < -0.39 is 5.97 Å². The normalized spacial score (nSPS) is 19.9. The number of aromatic carboxylic acids is 1. The topological polar surface area (TPSA) is 74.7 Å². The molecule has 0 unspecified atom stereocenters. The molecule has 1 aliphatic heterocycles. The summed E-state index contributed by atoms with van der Waals surface area (Å²) in [5.74, 6) is -1.79. The van der Waals surface area contributed by atoms with Crippen LogP contribution in [0, 0.1) is 0 Å². The molecule has 1 aromatic carbocycles. The monoisotopic (exact) mass is 245 g/mol. The van der Waals surface area contributed by atoms with Crippen molar-refractivity contribution in [3.63, 3.8) is 0 Å². The minimum Gasteiger partial charge on any atom is -0.478 e. The number of carbonyl (C=O) groups is 3. The van der Waals surface area contributed by atoms with Crippen LogP contribution in [-0.4, -0.2) is 33.3 Å². The van der Waals surface area contributed by atoms with Crippen LogP contribution >= 0.6 is 0 Å². The molecule has 1 heterocycles. The molecular formula is C13H11NO4. The Labute approximate surface area is 103 Å². The number of rotatable bonds is 2. The average molecular weight is 245 g/mol. The number of carboxylic acid groups (broad SMARTS) is 1. The lowest BCUT2D eigenvalue weighted by atomic mass is 10.1. The van der Waals surface area contributed by atoms with E-state index in [0.29, 0.717) is 5.56 Å². The number of fused-ring (bicyclic) bond motifs is 1. The van der Waals surface area contributed by atoms with Crippen LogP contribution in [0.3, 0.4) is 0 Å². The molecule has 2 aliphatic rings. The van der Waals surface area contributed by atoms with Crippen LogP contribution in [0.2, 0.25) is 0 Å². The molecule has 1 N–H and O–H groups in total. The molecule has 0 radical (unpaired) electrons. The van der Waals surface area contributed by atoms with Gasteiger partial charge in [-0.1, -0.05) is 0 Å². The van der Waals surface area contributed by atoms with E-state index in [0.717, 1.165) is 12.8 Å². The van der Waals surface area contributed by atoms with Crippen molar-refractivity contribution >= 4 is 17.8 Å². The van der Waals surface area contributed by atoms with E-state index >= 15 is 0 Å². The SMILES string of the molecule is CC1(N2C(=O)c3ccc(C(=O)O)cc3C2=O)CC1. The first-order valence-electron chi connectivity index (χ1n) is 5.70. The molecule has 3 rings (SSSR count). The Balaban J connectivity index is 2.10. The Bertz CT molecular complexity index is 601. The molecule has 1 aliphatic carbocycles. The fourth-order valence-electron chi connectivity index (χ4n) is 2.27. The highest BCUT2D eigenvalue weighted by Gasteiger charge is 2.53. The van der Waals surface area contributed by atoms with Gasteiger partial charge < -0.3 is 5.11 Å². The van der Waals surface area contributed by atoms with Crippen LogP contribution in [0.15, 0.2) is 18.2 Å². The van der Waals surface area contributed by atoms with Crippen molar-refractivity contribution in [2.45, 2.75) is 25.3 Å². The van der Waals surface area contributed by atoms with Crippen molar-refractivity contribution in [3.05, 3.63) is 34.9 Å². The van der Waals surface area contributed by atoms with Crippen molar-refractivity contribution in [1.29, 1.82) is 0 Å². The summed E-state index contributed by atoms with van der Waals surface area (Å²) < 4.78 is 0. The first-order valence-corrected chi connectivity index (χ1v) is 5.70. The van der Waals surface area contributed by atoms with Gasteiger partial charge in [0.1, 0.15) is 0 Å². The van der Waals surface area contributed by atoms with Crippen LogP contribution in [0.25, 0.3) is 0 Å². The largest absolute Gasteiger partial charge is 0.478 e. The summed E-state index contributed by atoms with van der Waals surface area (Å²) >= 11 is 0. The van der Waals surface area contributed by atoms with E-state index in [1.54, 1.807) is 0 Å². The quantitative estimate of drug-likeness (QED) is 0.802. The number of hydrogen-bond acceptors (Lipinski definition) is 3. The number of hydrogen-bond donors (Lipinski definition) is 1. The molecular weight excluding hydrogens is 234 g/mol. The molecule has 0 bridgehead atoms. The van der Waals surface area contributed by atoms with E-state index in [1.807, 2.05) is 6.92 Å². The third kappa shape index (κ3) is 1.30. The fraction of sp³-hybridized carbons (Fsp3) is 0.308. The third-order valence-electron chi connectivity index (χ3n) is 3.65. The molecule has 5 heteroatoms. The van der Waals surface area contributed by atoms with Crippen LogP contribution in [0.1, 0.15) is 50.8 Å². The van der Waals surface area contributed by atoms with Gasteiger partial charge in [0.25, 0.3) is 11.8 Å². The minimum atomic E-state index is -1.10. The smallest absolute Gasteiger partial charge is 0.335 e. The highest BCUT2D eigenvalue weighted by molar-refractivity contribution is 6.22. The third-order valence-corrected chi connectivity index (χ3v) is 3.65. The Morgan fingerprint density at radius 3 is 2.39 bits per heavy atom.